The van der Waals surface area contributed by atoms with E-state index >= 15 is 0 Å². The summed E-state index contributed by atoms with van der Waals surface area (Å²) in [5, 5.41) is 42.1. The maximum Gasteiger partial charge on any atom is 0.337 e. The lowest BCUT2D eigenvalue weighted by molar-refractivity contribution is -0.172. The Balaban J connectivity index is 2.83. The molecular formula is C37H53NO10. The quantitative estimate of drug-likeness (QED) is 0.0463. The molecule has 0 fully saturated rings. The molecule has 0 aliphatic carbocycles. The van der Waals surface area contributed by atoms with Crippen molar-refractivity contribution in [3.05, 3.63) is 42.0 Å². The third kappa shape index (κ3) is 17.1. The van der Waals surface area contributed by atoms with Gasteiger partial charge in [0.2, 0.25) is 5.91 Å². The zero-order valence-electron chi connectivity index (χ0n) is 28.4. The SMILES string of the molecule is CCCC#CCOc1ccc(C[C@H](NC(=O)[C@H](/C=C/CCCCCCC(=O)CCCCCCC)[C@@](O)(CC(=O)O)C(=O)O)C(=O)O)cc1. The van der Waals surface area contributed by atoms with Crippen LogP contribution in [0.15, 0.2) is 36.4 Å². The Bertz CT molecular complexity index is 1250. The number of carboxylic acids is 3. The second-order valence-corrected chi connectivity index (χ2v) is 12.0. The molecule has 11 nitrogen and oxygen atoms in total. The van der Waals surface area contributed by atoms with Crippen LogP contribution in [0.3, 0.4) is 0 Å². The van der Waals surface area contributed by atoms with Gasteiger partial charge in [0.15, 0.2) is 5.60 Å². The van der Waals surface area contributed by atoms with Crippen LogP contribution in [0.2, 0.25) is 0 Å². The summed E-state index contributed by atoms with van der Waals surface area (Å²) in [6.45, 7) is 4.37. The molecule has 1 rings (SSSR count). The molecule has 5 N–H and O–H groups in total. The summed E-state index contributed by atoms with van der Waals surface area (Å²) in [6, 6.07) is 5.01. The molecule has 0 saturated carbocycles. The molecule has 0 heterocycles. The summed E-state index contributed by atoms with van der Waals surface area (Å²) in [6.07, 6.45) is 12.9. The topological polar surface area (TPSA) is 188 Å². The third-order valence-corrected chi connectivity index (χ3v) is 7.84. The fourth-order valence-corrected chi connectivity index (χ4v) is 5.04. The van der Waals surface area contributed by atoms with Gasteiger partial charge in [0, 0.05) is 25.7 Å². The van der Waals surface area contributed by atoms with Crippen molar-refractivity contribution >= 4 is 29.6 Å². The Morgan fingerprint density at radius 1 is 0.854 bits per heavy atom. The number of allylic oxidation sites excluding steroid dienone is 1. The van der Waals surface area contributed by atoms with Gasteiger partial charge in [-0.1, -0.05) is 88.5 Å². The molecule has 1 aromatic rings. The van der Waals surface area contributed by atoms with Crippen LogP contribution in [-0.4, -0.2) is 68.3 Å². The first-order chi connectivity index (χ1) is 22.9. The minimum absolute atomic E-state index is 0.167. The first-order valence-electron chi connectivity index (χ1n) is 17.0. The van der Waals surface area contributed by atoms with E-state index in [1.54, 1.807) is 24.3 Å². The number of benzene rings is 1. The van der Waals surface area contributed by atoms with Crippen LogP contribution >= 0.6 is 0 Å². The number of nitrogens with one attached hydrogen (secondary N) is 1. The molecule has 0 saturated heterocycles. The highest BCUT2D eigenvalue weighted by molar-refractivity contribution is 5.94. The first kappa shape index (κ1) is 41.9. The predicted octanol–water partition coefficient (Wildman–Crippen LogP) is 5.71. The van der Waals surface area contributed by atoms with E-state index in [9.17, 15) is 44.4 Å². The number of hydrogen-bond donors (Lipinski definition) is 5. The van der Waals surface area contributed by atoms with Crippen molar-refractivity contribution in [3.63, 3.8) is 0 Å². The van der Waals surface area contributed by atoms with Crippen molar-refractivity contribution in [1.29, 1.82) is 0 Å². The number of carboxylic acid groups (broad SMARTS) is 3. The fraction of sp³-hybridized carbons (Fsp3) is 0.595. The molecule has 0 radical (unpaired) electrons. The van der Waals surface area contributed by atoms with Crippen LogP contribution < -0.4 is 10.1 Å². The van der Waals surface area contributed by atoms with E-state index in [0.717, 1.165) is 63.9 Å². The Morgan fingerprint density at radius 2 is 1.48 bits per heavy atom. The van der Waals surface area contributed by atoms with Crippen molar-refractivity contribution in [1.82, 2.24) is 5.32 Å². The molecule has 0 aliphatic rings. The summed E-state index contributed by atoms with van der Waals surface area (Å²) in [5.41, 5.74) is -2.49. The highest BCUT2D eigenvalue weighted by Crippen LogP contribution is 2.26. The summed E-state index contributed by atoms with van der Waals surface area (Å²) >= 11 is 0. The third-order valence-electron chi connectivity index (χ3n) is 7.84. The fourth-order valence-electron chi connectivity index (χ4n) is 5.04. The normalized spacial score (nSPS) is 13.5. The average Bonchev–Trinajstić information content (AvgIpc) is 3.03. The van der Waals surface area contributed by atoms with Crippen molar-refractivity contribution < 1.29 is 49.1 Å². The Morgan fingerprint density at radius 3 is 2.04 bits per heavy atom. The maximum atomic E-state index is 13.3. The van der Waals surface area contributed by atoms with Gasteiger partial charge in [0.05, 0.1) is 12.3 Å². The molecule has 1 aromatic carbocycles. The largest absolute Gasteiger partial charge is 0.481 e. The van der Waals surface area contributed by atoms with Crippen LogP contribution in [0.25, 0.3) is 0 Å². The van der Waals surface area contributed by atoms with Crippen LogP contribution in [0.1, 0.15) is 116 Å². The lowest BCUT2D eigenvalue weighted by atomic mass is 9.82. The zero-order valence-corrected chi connectivity index (χ0v) is 28.4. The molecular weight excluding hydrogens is 618 g/mol. The van der Waals surface area contributed by atoms with E-state index in [2.05, 4.69) is 24.1 Å². The average molecular weight is 672 g/mol. The molecule has 0 unspecified atom stereocenters. The van der Waals surface area contributed by atoms with Crippen LogP contribution in [0.5, 0.6) is 5.75 Å². The van der Waals surface area contributed by atoms with E-state index in [0.29, 0.717) is 37.0 Å². The molecule has 0 aromatic heterocycles. The maximum absolute atomic E-state index is 13.3. The molecule has 0 aliphatic heterocycles. The number of carbonyl (C=O) groups is 5. The van der Waals surface area contributed by atoms with Crippen LogP contribution in [0, 0.1) is 17.8 Å². The Labute approximate surface area is 284 Å². The van der Waals surface area contributed by atoms with Crippen LogP contribution in [0.4, 0.5) is 0 Å². The standard InChI is InChI=1S/C37H53NO10/c1-3-5-7-11-14-18-29(39)19-15-12-9-10-13-16-20-31(37(47,36(45)46)27-33(40)41)34(42)38-32(35(43)44)26-28-21-23-30(24-22-28)48-25-17-8-6-4-2/h16,20-24,31-32,47H,3-7,9-15,18-19,25-27H2,1-2H3,(H,38,42)(H,40,41)(H,43,44)(H,45,46)/b20-16+/t31-,32-,37-/m0/s1. The molecule has 266 valence electrons. The Hall–Kier alpha value is -4.17. The van der Waals surface area contributed by atoms with Crippen molar-refractivity contribution in [2.45, 2.75) is 128 Å². The summed E-state index contributed by atoms with van der Waals surface area (Å²) < 4.78 is 5.54. The number of hydrogen-bond acceptors (Lipinski definition) is 7. The van der Waals surface area contributed by atoms with Gasteiger partial charge in [-0.05, 0) is 49.8 Å². The predicted molar refractivity (Wildman–Crippen MR) is 181 cm³/mol. The monoisotopic (exact) mass is 671 g/mol. The number of rotatable bonds is 26. The molecule has 1 amide bonds. The molecule has 48 heavy (non-hydrogen) atoms. The van der Waals surface area contributed by atoms with Gasteiger partial charge in [-0.25, -0.2) is 9.59 Å². The Kier molecular flexibility index (Phi) is 21.0. The lowest BCUT2D eigenvalue weighted by Gasteiger charge is -2.29. The van der Waals surface area contributed by atoms with E-state index in [4.69, 9.17) is 4.74 Å². The molecule has 3 atom stereocenters. The number of carbonyl (C=O) groups excluding carboxylic acids is 2. The summed E-state index contributed by atoms with van der Waals surface area (Å²) in [5.74, 6) is -1.34. The highest BCUT2D eigenvalue weighted by atomic mass is 16.5. The van der Waals surface area contributed by atoms with Crippen molar-refractivity contribution in [3.8, 4) is 17.6 Å². The highest BCUT2D eigenvalue weighted by Gasteiger charge is 2.49. The minimum atomic E-state index is -3.02. The van der Waals surface area contributed by atoms with Gasteiger partial charge in [-0.2, -0.15) is 0 Å². The number of amides is 1. The number of aliphatic carboxylic acids is 3. The van der Waals surface area contributed by atoms with E-state index in [-0.39, 0.29) is 18.8 Å². The summed E-state index contributed by atoms with van der Waals surface area (Å²) in [7, 11) is 0. The van der Waals surface area contributed by atoms with Gasteiger partial charge < -0.3 is 30.5 Å². The second-order valence-electron chi connectivity index (χ2n) is 12.0. The van der Waals surface area contributed by atoms with E-state index in [1.165, 1.54) is 12.5 Å². The number of Topliss-reactive ketones (excluding diaryl/α,β-unsaturated/α-hetero) is 1. The zero-order chi connectivity index (χ0) is 35.8. The molecule has 0 spiro atoms. The van der Waals surface area contributed by atoms with Gasteiger partial charge in [0.1, 0.15) is 24.2 Å². The molecule has 11 heteroatoms. The molecule has 0 bridgehead atoms. The van der Waals surface area contributed by atoms with E-state index in [1.807, 2.05) is 6.92 Å². The number of ether oxygens (including phenoxy) is 1. The van der Waals surface area contributed by atoms with Gasteiger partial charge in [-0.3, -0.25) is 14.4 Å². The van der Waals surface area contributed by atoms with Gasteiger partial charge >= 0.3 is 17.9 Å². The minimum Gasteiger partial charge on any atom is -0.481 e. The summed E-state index contributed by atoms with van der Waals surface area (Å²) in [4.78, 5) is 61.0. The van der Waals surface area contributed by atoms with Crippen molar-refractivity contribution in [2.24, 2.45) is 5.92 Å². The second kappa shape index (κ2) is 24.0. The van der Waals surface area contributed by atoms with Gasteiger partial charge in [0.25, 0.3) is 0 Å². The van der Waals surface area contributed by atoms with Crippen LogP contribution in [-0.2, 0) is 30.4 Å². The number of ketones is 1. The first-order valence-corrected chi connectivity index (χ1v) is 17.0. The number of unbranched alkanes of at least 4 members (excludes halogenated alkanes) is 9. The smallest absolute Gasteiger partial charge is 0.337 e. The van der Waals surface area contributed by atoms with Gasteiger partial charge in [-0.15, -0.1) is 0 Å². The number of aliphatic hydroxyl groups is 1. The lowest BCUT2D eigenvalue weighted by Crippen LogP contribution is -2.55. The van der Waals surface area contributed by atoms with Crippen molar-refractivity contribution in [2.75, 3.05) is 6.61 Å². The van der Waals surface area contributed by atoms with E-state index < -0.39 is 47.8 Å².